The monoisotopic (exact) mass is 332 g/mol. The summed E-state index contributed by atoms with van der Waals surface area (Å²) in [4.78, 5) is 8.73. The van der Waals surface area contributed by atoms with Gasteiger partial charge in [0.2, 0.25) is 0 Å². The summed E-state index contributed by atoms with van der Waals surface area (Å²) in [7, 11) is 1.83. The maximum Gasteiger partial charge on any atom is 0.191 e. The summed E-state index contributed by atoms with van der Waals surface area (Å²) < 4.78 is 5.95. The minimum atomic E-state index is 0.217. The van der Waals surface area contributed by atoms with E-state index in [1.807, 2.05) is 25.4 Å². The Kier molecular flexibility index (Phi) is 7.03. The van der Waals surface area contributed by atoms with Gasteiger partial charge in [0.15, 0.2) is 5.96 Å². The van der Waals surface area contributed by atoms with Gasteiger partial charge in [-0.25, -0.2) is 0 Å². The number of aliphatic imine (C=N–C) groups is 1. The first-order chi connectivity index (χ1) is 11.7. The molecule has 2 rings (SSSR count). The molecule has 24 heavy (non-hydrogen) atoms. The lowest BCUT2D eigenvalue weighted by Crippen LogP contribution is -2.65. The van der Waals surface area contributed by atoms with Crippen molar-refractivity contribution in [2.45, 2.75) is 58.6 Å². The molecular weight excluding hydrogens is 300 g/mol. The number of aromatic nitrogens is 1. The Morgan fingerprint density at radius 2 is 2.12 bits per heavy atom. The quantitative estimate of drug-likeness (QED) is 0.568. The van der Waals surface area contributed by atoms with Crippen molar-refractivity contribution in [1.29, 1.82) is 0 Å². The highest BCUT2D eigenvalue weighted by molar-refractivity contribution is 5.80. The summed E-state index contributed by atoms with van der Waals surface area (Å²) in [5.41, 5.74) is 1.31. The molecular formula is C19H32N4O. The number of hydrogen-bond acceptors (Lipinski definition) is 3. The Labute approximate surface area is 146 Å². The van der Waals surface area contributed by atoms with E-state index < -0.39 is 0 Å². The minimum absolute atomic E-state index is 0.217. The van der Waals surface area contributed by atoms with Crippen LogP contribution in [-0.4, -0.2) is 43.3 Å². The first-order valence-electron chi connectivity index (χ1n) is 9.18. The lowest BCUT2D eigenvalue weighted by atomic mass is 9.58. The first kappa shape index (κ1) is 18.7. The second kappa shape index (κ2) is 9.02. The van der Waals surface area contributed by atoms with Crippen LogP contribution in [0.25, 0.3) is 0 Å². The van der Waals surface area contributed by atoms with Crippen LogP contribution in [0.4, 0.5) is 0 Å². The van der Waals surface area contributed by atoms with Crippen LogP contribution in [0, 0.1) is 5.41 Å². The van der Waals surface area contributed by atoms with E-state index in [-0.39, 0.29) is 5.41 Å². The molecule has 0 amide bonds. The summed E-state index contributed by atoms with van der Waals surface area (Å²) in [5, 5.41) is 7.02. The van der Waals surface area contributed by atoms with Gasteiger partial charge in [0, 0.05) is 50.0 Å². The fraction of sp³-hybridized carbons (Fsp3) is 0.684. The average molecular weight is 332 g/mol. The number of rotatable bonds is 8. The van der Waals surface area contributed by atoms with E-state index in [1.165, 1.54) is 0 Å². The van der Waals surface area contributed by atoms with Crippen LogP contribution in [0.2, 0.25) is 0 Å². The third-order valence-electron chi connectivity index (χ3n) is 5.40. The van der Waals surface area contributed by atoms with Crippen molar-refractivity contribution in [1.82, 2.24) is 15.6 Å². The molecule has 1 aromatic rings. The van der Waals surface area contributed by atoms with E-state index in [2.05, 4.69) is 47.4 Å². The number of nitrogens with one attached hydrogen (secondary N) is 2. The molecule has 0 aliphatic heterocycles. The molecule has 0 bridgehead atoms. The van der Waals surface area contributed by atoms with Crippen molar-refractivity contribution in [3.05, 3.63) is 30.1 Å². The third kappa shape index (κ3) is 4.07. The highest BCUT2D eigenvalue weighted by Gasteiger charge is 2.53. The van der Waals surface area contributed by atoms with Crippen LogP contribution in [0.15, 0.2) is 29.4 Å². The van der Waals surface area contributed by atoms with Gasteiger partial charge in [-0.2, -0.15) is 0 Å². The van der Waals surface area contributed by atoms with Crippen molar-refractivity contribution < 1.29 is 4.74 Å². The van der Waals surface area contributed by atoms with Crippen LogP contribution < -0.4 is 10.6 Å². The molecule has 1 aliphatic carbocycles. The average Bonchev–Trinajstić information content (AvgIpc) is 2.61. The predicted molar refractivity (Wildman–Crippen MR) is 99.3 cm³/mol. The van der Waals surface area contributed by atoms with E-state index >= 15 is 0 Å². The topological polar surface area (TPSA) is 58.5 Å². The molecule has 0 saturated heterocycles. The molecule has 0 aromatic carbocycles. The van der Waals surface area contributed by atoms with Gasteiger partial charge in [0.05, 0.1) is 6.10 Å². The predicted octanol–water partition coefficient (Wildman–Crippen LogP) is 2.77. The van der Waals surface area contributed by atoms with Crippen LogP contribution >= 0.6 is 0 Å². The zero-order valence-corrected chi connectivity index (χ0v) is 15.5. The third-order valence-corrected chi connectivity index (χ3v) is 5.40. The summed E-state index contributed by atoms with van der Waals surface area (Å²) in [6.07, 6.45) is 6.38. The molecule has 134 valence electrons. The Morgan fingerprint density at radius 3 is 2.71 bits per heavy atom. The molecule has 1 saturated carbocycles. The van der Waals surface area contributed by atoms with E-state index in [1.54, 1.807) is 0 Å². The van der Waals surface area contributed by atoms with E-state index in [0.717, 1.165) is 50.5 Å². The van der Waals surface area contributed by atoms with Crippen molar-refractivity contribution in [3.8, 4) is 0 Å². The summed E-state index contributed by atoms with van der Waals surface area (Å²) in [6, 6.07) is 6.44. The Morgan fingerprint density at radius 1 is 1.33 bits per heavy atom. The SMILES string of the molecule is CCOC1CC(NC(=NC)NCCc2ccccn2)C1(CC)CC. The normalized spacial score (nSPS) is 22.8. The molecule has 1 aromatic heterocycles. The maximum atomic E-state index is 5.95. The standard InChI is InChI=1S/C19H32N4O/c1-5-19(6-2)16(14-17(19)24-7-3)23-18(20-4)22-13-11-15-10-8-9-12-21-15/h8-10,12,16-17H,5-7,11,13-14H2,1-4H3,(H2,20,22,23). The van der Waals surface area contributed by atoms with Crippen LogP contribution in [0.5, 0.6) is 0 Å². The molecule has 1 heterocycles. The largest absolute Gasteiger partial charge is 0.378 e. The highest BCUT2D eigenvalue weighted by atomic mass is 16.5. The van der Waals surface area contributed by atoms with Crippen LogP contribution in [0.1, 0.15) is 45.7 Å². The zero-order valence-electron chi connectivity index (χ0n) is 15.5. The number of guanidine groups is 1. The van der Waals surface area contributed by atoms with Gasteiger partial charge < -0.3 is 15.4 Å². The second-order valence-corrected chi connectivity index (χ2v) is 6.39. The molecule has 1 fully saturated rings. The lowest BCUT2D eigenvalue weighted by Gasteiger charge is -2.55. The molecule has 0 radical (unpaired) electrons. The summed E-state index contributed by atoms with van der Waals surface area (Å²) in [6.45, 7) is 8.22. The number of pyridine rings is 1. The van der Waals surface area contributed by atoms with Crippen molar-refractivity contribution in [3.63, 3.8) is 0 Å². The fourth-order valence-electron chi connectivity index (χ4n) is 3.80. The highest BCUT2D eigenvalue weighted by Crippen LogP contribution is 2.48. The first-order valence-corrected chi connectivity index (χ1v) is 9.18. The molecule has 2 N–H and O–H groups in total. The Balaban J connectivity index is 1.86. The maximum absolute atomic E-state index is 5.95. The number of nitrogens with zero attached hydrogens (tertiary/aromatic N) is 2. The zero-order chi connectivity index (χ0) is 17.4. The Hall–Kier alpha value is -1.62. The van der Waals surface area contributed by atoms with E-state index in [9.17, 15) is 0 Å². The van der Waals surface area contributed by atoms with Crippen molar-refractivity contribution >= 4 is 5.96 Å². The van der Waals surface area contributed by atoms with Gasteiger partial charge in [-0.15, -0.1) is 0 Å². The molecule has 5 nitrogen and oxygen atoms in total. The molecule has 2 atom stereocenters. The second-order valence-electron chi connectivity index (χ2n) is 6.39. The van der Waals surface area contributed by atoms with Gasteiger partial charge in [0.1, 0.15) is 0 Å². The fourth-order valence-corrected chi connectivity index (χ4v) is 3.80. The molecule has 5 heteroatoms. The number of ether oxygens (including phenoxy) is 1. The molecule has 2 unspecified atom stereocenters. The smallest absolute Gasteiger partial charge is 0.191 e. The van der Waals surface area contributed by atoms with Crippen molar-refractivity contribution in [2.75, 3.05) is 20.2 Å². The van der Waals surface area contributed by atoms with Crippen molar-refractivity contribution in [2.24, 2.45) is 10.4 Å². The summed E-state index contributed by atoms with van der Waals surface area (Å²) >= 11 is 0. The van der Waals surface area contributed by atoms with Gasteiger partial charge in [-0.1, -0.05) is 19.9 Å². The van der Waals surface area contributed by atoms with Gasteiger partial charge in [0.25, 0.3) is 0 Å². The Bertz CT molecular complexity index is 513. The molecule has 0 spiro atoms. The van der Waals surface area contributed by atoms with Crippen LogP contribution in [-0.2, 0) is 11.2 Å². The van der Waals surface area contributed by atoms with Gasteiger partial charge >= 0.3 is 0 Å². The van der Waals surface area contributed by atoms with Gasteiger partial charge in [-0.3, -0.25) is 9.98 Å². The van der Waals surface area contributed by atoms with E-state index in [0.29, 0.717) is 12.1 Å². The number of hydrogen-bond donors (Lipinski definition) is 2. The summed E-state index contributed by atoms with van der Waals surface area (Å²) in [5.74, 6) is 0.872. The molecule has 1 aliphatic rings. The minimum Gasteiger partial charge on any atom is -0.378 e. The van der Waals surface area contributed by atoms with Crippen LogP contribution in [0.3, 0.4) is 0 Å². The van der Waals surface area contributed by atoms with E-state index in [4.69, 9.17) is 4.74 Å². The lowest BCUT2D eigenvalue weighted by molar-refractivity contribution is -0.133. The van der Waals surface area contributed by atoms with Gasteiger partial charge in [-0.05, 0) is 38.3 Å².